The zero-order valence-corrected chi connectivity index (χ0v) is 10.8. The van der Waals surface area contributed by atoms with Gasteiger partial charge in [-0.2, -0.15) is 5.26 Å². The lowest BCUT2D eigenvalue weighted by atomic mass is 10.0. The highest BCUT2D eigenvalue weighted by molar-refractivity contribution is 5.90. The van der Waals surface area contributed by atoms with Crippen LogP contribution in [0.5, 0.6) is 0 Å². The van der Waals surface area contributed by atoms with Gasteiger partial charge in [0.25, 0.3) is 0 Å². The fourth-order valence-corrected chi connectivity index (χ4v) is 2.31. The molecule has 1 atom stereocenters. The third-order valence-electron chi connectivity index (χ3n) is 3.31. The molecule has 0 aromatic heterocycles. The molecule has 1 aliphatic rings. The van der Waals surface area contributed by atoms with Gasteiger partial charge >= 0.3 is 6.03 Å². The molecule has 1 fully saturated rings. The van der Waals surface area contributed by atoms with Crippen LogP contribution in [0.4, 0.5) is 14.9 Å². The van der Waals surface area contributed by atoms with E-state index in [4.69, 9.17) is 5.26 Å². The van der Waals surface area contributed by atoms with Crippen molar-refractivity contribution in [1.29, 1.82) is 5.26 Å². The molecule has 0 spiro atoms. The molecule has 0 saturated carbocycles. The lowest BCUT2D eigenvalue weighted by molar-refractivity contribution is 0.182. The van der Waals surface area contributed by atoms with Gasteiger partial charge in [0.1, 0.15) is 17.4 Å². The Bertz CT molecular complexity index is 524. The van der Waals surface area contributed by atoms with Crippen molar-refractivity contribution in [1.82, 2.24) is 4.90 Å². The minimum Gasteiger partial charge on any atom is -0.324 e. The molecule has 100 valence electrons. The number of likely N-dealkylation sites (tertiary alicyclic amines) is 1. The molecule has 2 rings (SSSR count). The molecule has 1 N–H and O–H groups in total. The summed E-state index contributed by atoms with van der Waals surface area (Å²) in [6.45, 7) is 3.50. The van der Waals surface area contributed by atoms with Gasteiger partial charge < -0.3 is 10.2 Å². The van der Waals surface area contributed by atoms with Gasteiger partial charge in [0, 0.05) is 13.1 Å². The van der Waals surface area contributed by atoms with Gasteiger partial charge in [0.15, 0.2) is 0 Å². The van der Waals surface area contributed by atoms with Crippen molar-refractivity contribution < 1.29 is 9.18 Å². The van der Waals surface area contributed by atoms with Crippen LogP contribution in [-0.2, 0) is 0 Å². The molecule has 1 aromatic rings. The van der Waals surface area contributed by atoms with Crippen LogP contribution < -0.4 is 5.32 Å². The molecule has 0 radical (unpaired) electrons. The van der Waals surface area contributed by atoms with Crippen LogP contribution in [0.1, 0.15) is 25.3 Å². The summed E-state index contributed by atoms with van der Waals surface area (Å²) in [5.41, 5.74) is 0.103. The Morgan fingerprint density at radius 2 is 2.37 bits per heavy atom. The number of nitriles is 1. The van der Waals surface area contributed by atoms with Crippen LogP contribution in [0.3, 0.4) is 0 Å². The van der Waals surface area contributed by atoms with Gasteiger partial charge in [-0.1, -0.05) is 13.0 Å². The SMILES string of the molecule is CC1CCCN(C(=O)Nc2cccc(F)c2C#N)C1. The summed E-state index contributed by atoms with van der Waals surface area (Å²) in [7, 11) is 0. The van der Waals surface area contributed by atoms with Crippen LogP contribution in [0.15, 0.2) is 18.2 Å². The van der Waals surface area contributed by atoms with Gasteiger partial charge in [-0.3, -0.25) is 0 Å². The molecule has 2 amide bonds. The average molecular weight is 261 g/mol. The van der Waals surface area contributed by atoms with E-state index in [2.05, 4.69) is 12.2 Å². The van der Waals surface area contributed by atoms with Gasteiger partial charge in [-0.15, -0.1) is 0 Å². The number of anilines is 1. The minimum atomic E-state index is -0.618. The lowest BCUT2D eigenvalue weighted by Crippen LogP contribution is -2.41. The number of hydrogen-bond donors (Lipinski definition) is 1. The summed E-state index contributed by atoms with van der Waals surface area (Å²) in [6.07, 6.45) is 2.09. The maximum atomic E-state index is 13.4. The number of piperidine rings is 1. The number of urea groups is 1. The normalized spacial score (nSPS) is 18.8. The first-order chi connectivity index (χ1) is 9.11. The first kappa shape index (κ1) is 13.3. The third-order valence-corrected chi connectivity index (χ3v) is 3.31. The number of carbonyl (C=O) groups is 1. The number of carbonyl (C=O) groups excluding carboxylic acids is 1. The van der Waals surface area contributed by atoms with E-state index in [0.717, 1.165) is 12.8 Å². The van der Waals surface area contributed by atoms with E-state index in [1.54, 1.807) is 11.0 Å². The van der Waals surface area contributed by atoms with Crippen molar-refractivity contribution >= 4 is 11.7 Å². The van der Waals surface area contributed by atoms with Gasteiger partial charge in [-0.25, -0.2) is 9.18 Å². The van der Waals surface area contributed by atoms with Gasteiger partial charge in [-0.05, 0) is 30.9 Å². The zero-order chi connectivity index (χ0) is 13.8. The summed E-state index contributed by atoms with van der Waals surface area (Å²) in [5.74, 6) is -0.144. The fraction of sp³-hybridized carbons (Fsp3) is 0.429. The van der Waals surface area contributed by atoms with Gasteiger partial charge in [0.05, 0.1) is 5.69 Å². The molecule has 1 heterocycles. The van der Waals surface area contributed by atoms with E-state index < -0.39 is 5.82 Å². The molecule has 1 aliphatic heterocycles. The van der Waals surface area contributed by atoms with E-state index in [-0.39, 0.29) is 17.3 Å². The Kier molecular flexibility index (Phi) is 4.00. The number of nitrogens with zero attached hydrogens (tertiary/aromatic N) is 2. The Hall–Kier alpha value is -2.09. The highest BCUT2D eigenvalue weighted by atomic mass is 19.1. The van der Waals surface area contributed by atoms with Crippen molar-refractivity contribution in [3.8, 4) is 6.07 Å². The summed E-state index contributed by atoms with van der Waals surface area (Å²) in [6, 6.07) is 5.72. The number of halogens is 1. The first-order valence-electron chi connectivity index (χ1n) is 6.36. The molecule has 4 nitrogen and oxygen atoms in total. The van der Waals surface area contributed by atoms with Crippen LogP contribution in [0.25, 0.3) is 0 Å². The minimum absolute atomic E-state index is 0.124. The standard InChI is InChI=1S/C14H16FN3O/c1-10-4-3-7-18(9-10)14(19)17-13-6-2-5-12(15)11(13)8-16/h2,5-6,10H,3-4,7,9H2,1H3,(H,17,19). The van der Waals surface area contributed by atoms with Crippen LogP contribution in [-0.4, -0.2) is 24.0 Å². The van der Waals surface area contributed by atoms with E-state index in [0.29, 0.717) is 19.0 Å². The summed E-state index contributed by atoms with van der Waals surface area (Å²) < 4.78 is 13.4. The second-order valence-corrected chi connectivity index (χ2v) is 4.90. The zero-order valence-electron chi connectivity index (χ0n) is 10.8. The second-order valence-electron chi connectivity index (χ2n) is 4.90. The Balaban J connectivity index is 2.11. The number of nitrogens with one attached hydrogen (secondary N) is 1. The average Bonchev–Trinajstić information content (AvgIpc) is 2.39. The second kappa shape index (κ2) is 5.70. The predicted molar refractivity (Wildman–Crippen MR) is 70.1 cm³/mol. The molecular weight excluding hydrogens is 245 g/mol. The van der Waals surface area contributed by atoms with Gasteiger partial charge in [0.2, 0.25) is 0 Å². The Labute approximate surface area is 111 Å². The molecule has 5 heteroatoms. The third kappa shape index (κ3) is 3.02. The topological polar surface area (TPSA) is 56.1 Å². The highest BCUT2D eigenvalue weighted by Gasteiger charge is 2.21. The largest absolute Gasteiger partial charge is 0.324 e. The van der Waals surface area contributed by atoms with Crippen molar-refractivity contribution in [2.24, 2.45) is 5.92 Å². The van der Waals surface area contributed by atoms with Crippen molar-refractivity contribution in [3.05, 3.63) is 29.6 Å². The molecule has 1 saturated heterocycles. The van der Waals surface area contributed by atoms with E-state index in [1.807, 2.05) is 0 Å². The fourth-order valence-electron chi connectivity index (χ4n) is 2.31. The summed E-state index contributed by atoms with van der Waals surface area (Å²) in [4.78, 5) is 13.8. The van der Waals surface area contributed by atoms with E-state index in [9.17, 15) is 9.18 Å². The Morgan fingerprint density at radius 3 is 3.05 bits per heavy atom. The smallest absolute Gasteiger partial charge is 0.321 e. The monoisotopic (exact) mass is 261 g/mol. The molecule has 1 unspecified atom stereocenters. The molecule has 19 heavy (non-hydrogen) atoms. The quantitative estimate of drug-likeness (QED) is 0.845. The van der Waals surface area contributed by atoms with Crippen LogP contribution in [0, 0.1) is 23.1 Å². The summed E-state index contributed by atoms with van der Waals surface area (Å²) >= 11 is 0. The van der Waals surface area contributed by atoms with Crippen molar-refractivity contribution in [2.75, 3.05) is 18.4 Å². The van der Waals surface area contributed by atoms with E-state index >= 15 is 0 Å². The van der Waals surface area contributed by atoms with Crippen molar-refractivity contribution in [2.45, 2.75) is 19.8 Å². The Morgan fingerprint density at radius 1 is 1.58 bits per heavy atom. The molecule has 0 aliphatic carbocycles. The summed E-state index contributed by atoms with van der Waals surface area (Å²) in [5, 5.41) is 11.5. The molecular formula is C14H16FN3O. The first-order valence-corrected chi connectivity index (χ1v) is 6.36. The van der Waals surface area contributed by atoms with Crippen LogP contribution in [0.2, 0.25) is 0 Å². The molecule has 1 aromatic carbocycles. The van der Waals surface area contributed by atoms with Crippen molar-refractivity contribution in [3.63, 3.8) is 0 Å². The van der Waals surface area contributed by atoms with E-state index in [1.165, 1.54) is 18.2 Å². The number of amides is 2. The highest BCUT2D eigenvalue weighted by Crippen LogP contribution is 2.20. The maximum absolute atomic E-state index is 13.4. The number of benzene rings is 1. The lowest BCUT2D eigenvalue weighted by Gasteiger charge is -2.31. The van der Waals surface area contributed by atoms with Crippen LogP contribution >= 0.6 is 0 Å². The maximum Gasteiger partial charge on any atom is 0.321 e. The number of rotatable bonds is 1. The number of hydrogen-bond acceptors (Lipinski definition) is 2. The predicted octanol–water partition coefficient (Wildman–Crippen LogP) is 2.96. The molecule has 0 bridgehead atoms.